The van der Waals surface area contributed by atoms with Gasteiger partial charge in [-0.25, -0.2) is 4.98 Å². The predicted octanol–water partition coefficient (Wildman–Crippen LogP) is 3.20. The molecule has 0 aliphatic carbocycles. The zero-order chi connectivity index (χ0) is 16.4. The van der Waals surface area contributed by atoms with Gasteiger partial charge in [0, 0.05) is 30.2 Å². The highest BCUT2D eigenvalue weighted by Gasteiger charge is 2.17. The highest BCUT2D eigenvalue weighted by atomic mass is 15.1. The molecule has 3 aromatic rings. The van der Waals surface area contributed by atoms with Gasteiger partial charge < -0.3 is 10.2 Å². The maximum absolute atomic E-state index is 4.85. The molecule has 0 spiro atoms. The monoisotopic (exact) mass is 319 g/mol. The number of likely N-dealkylation sites (tertiary alicyclic amines) is 1. The SMILES string of the molecule is CN1CCC(Nc2ccnc3ccc(-c4cccnc4)nc23)CC1. The van der Waals surface area contributed by atoms with E-state index in [4.69, 9.17) is 4.98 Å². The highest BCUT2D eigenvalue weighted by molar-refractivity contribution is 5.89. The van der Waals surface area contributed by atoms with Crippen molar-refractivity contribution in [1.29, 1.82) is 0 Å². The van der Waals surface area contributed by atoms with E-state index in [1.807, 2.05) is 42.7 Å². The largest absolute Gasteiger partial charge is 0.380 e. The number of anilines is 1. The summed E-state index contributed by atoms with van der Waals surface area (Å²) in [6, 6.07) is 10.5. The fraction of sp³-hybridized carbons (Fsp3) is 0.316. The average molecular weight is 319 g/mol. The van der Waals surface area contributed by atoms with Crippen molar-refractivity contribution in [3.63, 3.8) is 0 Å². The van der Waals surface area contributed by atoms with Crippen molar-refractivity contribution in [3.8, 4) is 11.3 Å². The van der Waals surface area contributed by atoms with Gasteiger partial charge in [-0.3, -0.25) is 9.97 Å². The Hall–Kier alpha value is -2.53. The second-order valence-electron chi connectivity index (χ2n) is 6.39. The highest BCUT2D eigenvalue weighted by Crippen LogP contribution is 2.26. The Morgan fingerprint density at radius 3 is 2.75 bits per heavy atom. The smallest absolute Gasteiger partial charge is 0.112 e. The predicted molar refractivity (Wildman–Crippen MR) is 96.9 cm³/mol. The third kappa shape index (κ3) is 3.08. The number of piperidine rings is 1. The zero-order valence-corrected chi connectivity index (χ0v) is 13.8. The standard InChI is InChI=1S/C19H21N5/c1-24-11-7-15(8-12-24)22-18-6-10-21-17-5-4-16(23-19(17)18)14-3-2-9-20-13-14/h2-6,9-10,13,15H,7-8,11-12H2,1H3,(H,21,22). The second kappa shape index (κ2) is 6.53. The molecule has 3 aromatic heterocycles. The summed E-state index contributed by atoms with van der Waals surface area (Å²) in [6.07, 6.45) is 7.78. The van der Waals surface area contributed by atoms with Gasteiger partial charge in [0.25, 0.3) is 0 Å². The van der Waals surface area contributed by atoms with E-state index in [0.717, 1.165) is 53.9 Å². The summed E-state index contributed by atoms with van der Waals surface area (Å²) in [6.45, 7) is 2.27. The average Bonchev–Trinajstić information content (AvgIpc) is 2.64. The van der Waals surface area contributed by atoms with Gasteiger partial charge in [0.15, 0.2) is 0 Å². The van der Waals surface area contributed by atoms with Crippen LogP contribution in [0.5, 0.6) is 0 Å². The van der Waals surface area contributed by atoms with E-state index in [2.05, 4.69) is 27.2 Å². The minimum Gasteiger partial charge on any atom is -0.380 e. The minimum absolute atomic E-state index is 0.496. The van der Waals surface area contributed by atoms with Crippen LogP contribution in [0.1, 0.15) is 12.8 Å². The van der Waals surface area contributed by atoms with Crippen LogP contribution in [0.3, 0.4) is 0 Å². The van der Waals surface area contributed by atoms with E-state index < -0.39 is 0 Å². The first-order valence-electron chi connectivity index (χ1n) is 8.41. The lowest BCUT2D eigenvalue weighted by atomic mass is 10.0. The number of aromatic nitrogens is 3. The molecule has 1 N–H and O–H groups in total. The van der Waals surface area contributed by atoms with Crippen molar-refractivity contribution < 1.29 is 0 Å². The minimum atomic E-state index is 0.496. The molecule has 0 unspecified atom stereocenters. The van der Waals surface area contributed by atoms with Gasteiger partial charge in [0.05, 0.1) is 16.9 Å². The van der Waals surface area contributed by atoms with Gasteiger partial charge in [-0.2, -0.15) is 0 Å². The van der Waals surface area contributed by atoms with E-state index >= 15 is 0 Å². The zero-order valence-electron chi connectivity index (χ0n) is 13.8. The van der Waals surface area contributed by atoms with Gasteiger partial charge in [0.1, 0.15) is 5.52 Å². The Balaban J connectivity index is 1.67. The van der Waals surface area contributed by atoms with Crippen molar-refractivity contribution >= 4 is 16.7 Å². The molecule has 0 amide bonds. The van der Waals surface area contributed by atoms with Crippen molar-refractivity contribution in [2.75, 3.05) is 25.5 Å². The van der Waals surface area contributed by atoms with E-state index in [-0.39, 0.29) is 0 Å². The van der Waals surface area contributed by atoms with E-state index in [1.165, 1.54) is 0 Å². The normalized spacial score (nSPS) is 16.4. The van der Waals surface area contributed by atoms with Crippen LogP contribution in [-0.2, 0) is 0 Å². The fourth-order valence-corrected chi connectivity index (χ4v) is 3.19. The third-order valence-electron chi connectivity index (χ3n) is 4.62. The number of nitrogens with one attached hydrogen (secondary N) is 1. The summed E-state index contributed by atoms with van der Waals surface area (Å²) >= 11 is 0. The summed E-state index contributed by atoms with van der Waals surface area (Å²) in [4.78, 5) is 15.9. The molecule has 0 radical (unpaired) electrons. The van der Waals surface area contributed by atoms with Crippen LogP contribution >= 0.6 is 0 Å². The van der Waals surface area contributed by atoms with Crippen molar-refractivity contribution in [1.82, 2.24) is 19.9 Å². The van der Waals surface area contributed by atoms with Crippen molar-refractivity contribution in [2.45, 2.75) is 18.9 Å². The molecule has 5 nitrogen and oxygen atoms in total. The van der Waals surface area contributed by atoms with Crippen LogP contribution in [0.2, 0.25) is 0 Å². The molecule has 5 heteroatoms. The number of nitrogens with zero attached hydrogens (tertiary/aromatic N) is 4. The number of hydrogen-bond acceptors (Lipinski definition) is 5. The Kier molecular flexibility index (Phi) is 4.09. The number of pyridine rings is 3. The maximum atomic E-state index is 4.85. The van der Waals surface area contributed by atoms with Gasteiger partial charge in [-0.05, 0) is 63.3 Å². The lowest BCUT2D eigenvalue weighted by molar-refractivity contribution is 0.264. The summed E-state index contributed by atoms with van der Waals surface area (Å²) < 4.78 is 0. The summed E-state index contributed by atoms with van der Waals surface area (Å²) in [5.74, 6) is 0. The van der Waals surface area contributed by atoms with Crippen LogP contribution in [0.4, 0.5) is 5.69 Å². The molecule has 4 heterocycles. The maximum Gasteiger partial charge on any atom is 0.112 e. The van der Waals surface area contributed by atoms with Crippen LogP contribution in [0.15, 0.2) is 48.9 Å². The van der Waals surface area contributed by atoms with Gasteiger partial charge in [0.2, 0.25) is 0 Å². The molecule has 122 valence electrons. The molecule has 1 fully saturated rings. The lowest BCUT2D eigenvalue weighted by Crippen LogP contribution is -2.36. The lowest BCUT2D eigenvalue weighted by Gasteiger charge is -2.30. The molecule has 0 aromatic carbocycles. The van der Waals surface area contributed by atoms with E-state index in [1.54, 1.807) is 6.20 Å². The Labute approximate surface area is 141 Å². The Morgan fingerprint density at radius 2 is 1.96 bits per heavy atom. The summed E-state index contributed by atoms with van der Waals surface area (Å²) in [5.41, 5.74) is 4.86. The first kappa shape index (κ1) is 15.0. The Bertz CT molecular complexity index is 826. The van der Waals surface area contributed by atoms with Crippen LogP contribution in [0.25, 0.3) is 22.3 Å². The van der Waals surface area contributed by atoms with Gasteiger partial charge in [-0.1, -0.05) is 0 Å². The molecule has 1 saturated heterocycles. The van der Waals surface area contributed by atoms with Gasteiger partial charge in [-0.15, -0.1) is 0 Å². The molecule has 0 bridgehead atoms. The van der Waals surface area contributed by atoms with Crippen LogP contribution in [-0.4, -0.2) is 46.0 Å². The molecule has 1 aliphatic rings. The quantitative estimate of drug-likeness (QED) is 0.803. The van der Waals surface area contributed by atoms with Crippen LogP contribution in [0, 0.1) is 0 Å². The molecular weight excluding hydrogens is 298 g/mol. The van der Waals surface area contributed by atoms with Crippen LogP contribution < -0.4 is 5.32 Å². The number of fused-ring (bicyclic) bond motifs is 1. The summed E-state index contributed by atoms with van der Waals surface area (Å²) in [7, 11) is 2.18. The number of hydrogen-bond donors (Lipinski definition) is 1. The summed E-state index contributed by atoms with van der Waals surface area (Å²) in [5, 5.41) is 3.68. The topological polar surface area (TPSA) is 53.9 Å². The first-order valence-corrected chi connectivity index (χ1v) is 8.41. The molecule has 0 saturated carbocycles. The van der Waals surface area contributed by atoms with Crippen molar-refractivity contribution in [3.05, 3.63) is 48.9 Å². The fourth-order valence-electron chi connectivity index (χ4n) is 3.19. The number of rotatable bonds is 3. The Morgan fingerprint density at radius 1 is 1.08 bits per heavy atom. The van der Waals surface area contributed by atoms with E-state index in [9.17, 15) is 0 Å². The molecule has 0 atom stereocenters. The molecular formula is C19H21N5. The van der Waals surface area contributed by atoms with Crippen molar-refractivity contribution in [2.24, 2.45) is 0 Å². The van der Waals surface area contributed by atoms with Gasteiger partial charge >= 0.3 is 0 Å². The second-order valence-corrected chi connectivity index (χ2v) is 6.39. The first-order chi connectivity index (χ1) is 11.8. The molecule has 1 aliphatic heterocycles. The molecule has 24 heavy (non-hydrogen) atoms. The molecule has 4 rings (SSSR count). The third-order valence-corrected chi connectivity index (χ3v) is 4.62. The van der Waals surface area contributed by atoms with E-state index in [0.29, 0.717) is 6.04 Å².